The number of tetrazole rings is 1. The normalized spacial score (nSPS) is 10.8. The van der Waals surface area contributed by atoms with Gasteiger partial charge in [0.25, 0.3) is 0 Å². The summed E-state index contributed by atoms with van der Waals surface area (Å²) in [5.41, 5.74) is 6.42. The van der Waals surface area contributed by atoms with Gasteiger partial charge in [0.1, 0.15) is 17.3 Å². The van der Waals surface area contributed by atoms with Crippen molar-refractivity contribution in [2.24, 2.45) is 0 Å². The number of rotatable bonds is 2. The van der Waals surface area contributed by atoms with Crippen molar-refractivity contribution in [2.45, 2.75) is 0 Å². The minimum Gasteiger partial charge on any atom is -0.398 e. The first-order chi connectivity index (χ1) is 10.1. The summed E-state index contributed by atoms with van der Waals surface area (Å²) in [5.74, 6) is -0.863. The number of anilines is 1. The second-order valence-corrected chi connectivity index (χ2v) is 4.68. The smallest absolute Gasteiger partial charge is 0.189 e. The van der Waals surface area contributed by atoms with Crippen molar-refractivity contribution < 1.29 is 8.78 Å². The van der Waals surface area contributed by atoms with E-state index in [4.69, 9.17) is 17.3 Å². The maximum Gasteiger partial charge on any atom is 0.189 e. The van der Waals surface area contributed by atoms with Crippen LogP contribution in [0.25, 0.3) is 17.1 Å². The molecule has 0 saturated heterocycles. The van der Waals surface area contributed by atoms with Gasteiger partial charge >= 0.3 is 0 Å². The third-order valence-electron chi connectivity index (χ3n) is 2.86. The molecule has 0 radical (unpaired) electrons. The molecule has 2 N–H and O–H groups in total. The zero-order valence-corrected chi connectivity index (χ0v) is 11.2. The van der Waals surface area contributed by atoms with E-state index in [-0.39, 0.29) is 22.2 Å². The summed E-state index contributed by atoms with van der Waals surface area (Å²) in [4.78, 5) is 0. The summed E-state index contributed by atoms with van der Waals surface area (Å²) < 4.78 is 28.3. The van der Waals surface area contributed by atoms with Crippen LogP contribution in [0, 0.1) is 11.6 Å². The van der Waals surface area contributed by atoms with Crippen LogP contribution in [0.4, 0.5) is 14.5 Å². The van der Waals surface area contributed by atoms with E-state index >= 15 is 0 Å². The average molecular weight is 308 g/mol. The van der Waals surface area contributed by atoms with Crippen molar-refractivity contribution in [3.63, 3.8) is 0 Å². The van der Waals surface area contributed by atoms with Crippen molar-refractivity contribution in [2.75, 3.05) is 5.73 Å². The summed E-state index contributed by atoms with van der Waals surface area (Å²) in [6.07, 6.45) is 0. The molecule has 106 valence electrons. The largest absolute Gasteiger partial charge is 0.398 e. The number of nitrogens with zero attached hydrogens (tertiary/aromatic N) is 4. The molecule has 0 atom stereocenters. The average Bonchev–Trinajstić information content (AvgIpc) is 2.87. The Morgan fingerprint density at radius 3 is 2.62 bits per heavy atom. The maximum absolute atomic E-state index is 14.0. The van der Waals surface area contributed by atoms with E-state index in [2.05, 4.69) is 15.5 Å². The molecule has 3 rings (SSSR count). The second kappa shape index (κ2) is 5.10. The first kappa shape index (κ1) is 13.4. The van der Waals surface area contributed by atoms with Gasteiger partial charge in [-0.2, -0.15) is 4.68 Å². The molecule has 1 aromatic heterocycles. The fourth-order valence-corrected chi connectivity index (χ4v) is 2.07. The van der Waals surface area contributed by atoms with Crippen molar-refractivity contribution in [1.29, 1.82) is 0 Å². The number of aromatic nitrogens is 4. The van der Waals surface area contributed by atoms with Crippen LogP contribution in [-0.4, -0.2) is 20.2 Å². The molecule has 0 unspecified atom stereocenters. The predicted molar refractivity (Wildman–Crippen MR) is 73.9 cm³/mol. The van der Waals surface area contributed by atoms with Crippen LogP contribution >= 0.6 is 11.6 Å². The zero-order chi connectivity index (χ0) is 15.0. The number of hydrogen-bond donors (Lipinski definition) is 1. The Morgan fingerprint density at radius 2 is 1.90 bits per heavy atom. The highest BCUT2D eigenvalue weighted by Crippen LogP contribution is 2.27. The molecule has 0 aliphatic heterocycles. The number of benzene rings is 2. The van der Waals surface area contributed by atoms with E-state index in [1.165, 1.54) is 28.9 Å². The molecule has 3 aromatic rings. The molecule has 0 aliphatic carbocycles. The summed E-state index contributed by atoms with van der Waals surface area (Å²) >= 11 is 5.72. The highest BCUT2D eigenvalue weighted by atomic mass is 35.5. The molecular formula is C13H8ClF2N5. The first-order valence-electron chi connectivity index (χ1n) is 5.85. The third kappa shape index (κ3) is 2.43. The monoisotopic (exact) mass is 307 g/mol. The molecule has 0 saturated carbocycles. The van der Waals surface area contributed by atoms with E-state index in [0.717, 1.165) is 12.1 Å². The molecule has 0 aliphatic rings. The Morgan fingerprint density at radius 1 is 1.10 bits per heavy atom. The molecule has 5 nitrogen and oxygen atoms in total. The van der Waals surface area contributed by atoms with Gasteiger partial charge in [-0.15, -0.1) is 5.10 Å². The standard InChI is InChI=1S/C13H8ClF2N5/c14-7-1-4-12(10(16)5-7)21-13(18-19-20-21)9-3-2-8(15)6-11(9)17/h1-6H,17H2. The van der Waals surface area contributed by atoms with Crippen LogP contribution < -0.4 is 5.73 Å². The van der Waals surface area contributed by atoms with Crippen LogP contribution in [0.5, 0.6) is 0 Å². The topological polar surface area (TPSA) is 69.6 Å². The summed E-state index contributed by atoms with van der Waals surface area (Å²) in [6.45, 7) is 0. The lowest BCUT2D eigenvalue weighted by atomic mass is 10.1. The number of hydrogen-bond acceptors (Lipinski definition) is 4. The van der Waals surface area contributed by atoms with Crippen LogP contribution in [0.2, 0.25) is 5.02 Å². The van der Waals surface area contributed by atoms with Crippen LogP contribution in [0.1, 0.15) is 0 Å². The molecule has 8 heteroatoms. The third-order valence-corrected chi connectivity index (χ3v) is 3.10. The molecule has 1 heterocycles. The number of halogens is 3. The van der Waals surface area contributed by atoms with E-state index in [9.17, 15) is 8.78 Å². The predicted octanol–water partition coefficient (Wildman–Crippen LogP) is 2.84. The van der Waals surface area contributed by atoms with Crippen LogP contribution in [0.15, 0.2) is 36.4 Å². The van der Waals surface area contributed by atoms with Gasteiger partial charge in [0.05, 0.1) is 0 Å². The minimum atomic E-state index is -0.586. The molecule has 21 heavy (non-hydrogen) atoms. The van der Waals surface area contributed by atoms with Crippen molar-refractivity contribution >= 4 is 17.3 Å². The summed E-state index contributed by atoms with van der Waals surface area (Å²) in [5, 5.41) is 11.3. The van der Waals surface area contributed by atoms with E-state index < -0.39 is 11.6 Å². The highest BCUT2D eigenvalue weighted by molar-refractivity contribution is 6.30. The van der Waals surface area contributed by atoms with Crippen molar-refractivity contribution in [1.82, 2.24) is 20.2 Å². The fourth-order valence-electron chi connectivity index (χ4n) is 1.91. The van der Waals surface area contributed by atoms with Gasteiger partial charge in [0, 0.05) is 16.3 Å². The minimum absolute atomic E-state index is 0.114. The van der Waals surface area contributed by atoms with E-state index in [1.54, 1.807) is 0 Å². The van der Waals surface area contributed by atoms with E-state index in [1.807, 2.05) is 0 Å². The lowest BCUT2D eigenvalue weighted by Gasteiger charge is -2.08. The number of nitrogen functional groups attached to an aromatic ring is 1. The Labute approximate surface area is 123 Å². The van der Waals surface area contributed by atoms with Crippen molar-refractivity contribution in [3.8, 4) is 17.1 Å². The van der Waals surface area contributed by atoms with Gasteiger partial charge in [0.2, 0.25) is 0 Å². The molecule has 0 amide bonds. The Hall–Kier alpha value is -2.54. The van der Waals surface area contributed by atoms with Crippen LogP contribution in [0.3, 0.4) is 0 Å². The van der Waals surface area contributed by atoms with Gasteiger partial charge in [-0.25, -0.2) is 8.78 Å². The maximum atomic E-state index is 14.0. The Balaban J connectivity index is 2.17. The van der Waals surface area contributed by atoms with Crippen molar-refractivity contribution in [3.05, 3.63) is 53.1 Å². The van der Waals surface area contributed by atoms with Gasteiger partial charge < -0.3 is 5.73 Å². The van der Waals surface area contributed by atoms with Gasteiger partial charge in [-0.3, -0.25) is 0 Å². The fraction of sp³-hybridized carbons (Fsp3) is 0. The lowest BCUT2D eigenvalue weighted by molar-refractivity contribution is 0.608. The van der Waals surface area contributed by atoms with Gasteiger partial charge in [-0.05, 0) is 46.8 Å². The zero-order valence-electron chi connectivity index (χ0n) is 10.5. The quantitative estimate of drug-likeness (QED) is 0.739. The molecular weight excluding hydrogens is 300 g/mol. The molecule has 0 spiro atoms. The van der Waals surface area contributed by atoms with Gasteiger partial charge in [-0.1, -0.05) is 11.6 Å². The Bertz CT molecular complexity index is 752. The SMILES string of the molecule is Nc1cc(F)ccc1-c1nnnn1-c1ccc(Cl)cc1F. The second-order valence-electron chi connectivity index (χ2n) is 4.24. The molecule has 0 bridgehead atoms. The highest BCUT2D eigenvalue weighted by Gasteiger charge is 2.16. The Kier molecular flexibility index (Phi) is 3.26. The summed E-state index contributed by atoms with van der Waals surface area (Å²) in [6, 6.07) is 7.91. The first-order valence-corrected chi connectivity index (χ1v) is 6.23. The van der Waals surface area contributed by atoms with Crippen LogP contribution in [-0.2, 0) is 0 Å². The summed E-state index contributed by atoms with van der Waals surface area (Å²) in [7, 11) is 0. The lowest BCUT2D eigenvalue weighted by Crippen LogP contribution is -2.04. The van der Waals surface area contributed by atoms with E-state index in [0.29, 0.717) is 5.56 Å². The van der Waals surface area contributed by atoms with Gasteiger partial charge in [0.15, 0.2) is 5.82 Å². The molecule has 2 aromatic carbocycles. The number of nitrogens with two attached hydrogens (primary N) is 1. The molecule has 0 fully saturated rings.